The fourth-order valence-electron chi connectivity index (χ4n) is 1.12. The highest BCUT2D eigenvalue weighted by molar-refractivity contribution is 5.71. The van der Waals surface area contributed by atoms with Crippen LogP contribution in [0, 0.1) is 5.92 Å². The second-order valence-corrected chi connectivity index (χ2v) is 2.40. The minimum Gasteiger partial charge on any atom is -0.481 e. The number of carbonyl (C=O) groups is 1. The number of alkyl halides is 2. The summed E-state index contributed by atoms with van der Waals surface area (Å²) in [5, 5.41) is 8.42. The maximum atomic E-state index is 12.0. The largest absolute Gasteiger partial charge is 0.481 e. The first-order valence-electron chi connectivity index (χ1n) is 3.25. The van der Waals surface area contributed by atoms with Gasteiger partial charge in [-0.25, -0.2) is 8.78 Å². The van der Waals surface area contributed by atoms with Crippen molar-refractivity contribution in [3.8, 4) is 0 Å². The number of aliphatic carboxylic acids is 1. The molecule has 0 aromatic heterocycles. The van der Waals surface area contributed by atoms with E-state index in [0.717, 1.165) is 0 Å². The van der Waals surface area contributed by atoms with Crippen LogP contribution in [0.1, 0.15) is 6.42 Å². The Hall–Kier alpha value is -0.710. The fourth-order valence-corrected chi connectivity index (χ4v) is 1.12. The van der Waals surface area contributed by atoms with Crippen LogP contribution in [-0.4, -0.2) is 30.2 Å². The van der Waals surface area contributed by atoms with Gasteiger partial charge in [0.2, 0.25) is 0 Å². The van der Waals surface area contributed by atoms with Gasteiger partial charge in [0.05, 0.1) is 5.92 Å². The summed E-state index contributed by atoms with van der Waals surface area (Å²) >= 11 is 0. The summed E-state index contributed by atoms with van der Waals surface area (Å²) < 4.78 is 28.5. The Kier molecular flexibility index (Phi) is 2.38. The van der Waals surface area contributed by atoms with Crippen molar-refractivity contribution in [1.82, 2.24) is 0 Å². The van der Waals surface area contributed by atoms with Crippen LogP contribution in [0.4, 0.5) is 8.78 Å². The Morgan fingerprint density at radius 1 is 1.64 bits per heavy atom. The third-order valence-corrected chi connectivity index (χ3v) is 1.70. The third kappa shape index (κ3) is 1.65. The molecular formula is C6H8F2O3. The molecule has 0 aromatic rings. The quantitative estimate of drug-likeness (QED) is 0.658. The van der Waals surface area contributed by atoms with E-state index < -0.39 is 24.4 Å². The molecule has 1 saturated heterocycles. The van der Waals surface area contributed by atoms with Gasteiger partial charge in [-0.2, -0.15) is 0 Å². The molecule has 0 aliphatic carbocycles. The molecule has 11 heavy (non-hydrogen) atoms. The van der Waals surface area contributed by atoms with E-state index in [2.05, 4.69) is 4.74 Å². The smallest absolute Gasteiger partial charge is 0.309 e. The minimum atomic E-state index is -2.70. The van der Waals surface area contributed by atoms with Crippen LogP contribution in [0.25, 0.3) is 0 Å². The van der Waals surface area contributed by atoms with Gasteiger partial charge in [-0.15, -0.1) is 0 Å². The van der Waals surface area contributed by atoms with Crippen molar-refractivity contribution in [1.29, 1.82) is 0 Å². The van der Waals surface area contributed by atoms with Gasteiger partial charge in [0.25, 0.3) is 6.43 Å². The molecule has 0 spiro atoms. The Morgan fingerprint density at radius 3 is 2.64 bits per heavy atom. The minimum absolute atomic E-state index is 0.117. The van der Waals surface area contributed by atoms with Gasteiger partial charge in [-0.3, -0.25) is 4.79 Å². The summed E-state index contributed by atoms with van der Waals surface area (Å²) in [5.74, 6) is -2.23. The predicted octanol–water partition coefficient (Wildman–Crippen LogP) is 0.741. The molecule has 1 N–H and O–H groups in total. The van der Waals surface area contributed by atoms with Crippen molar-refractivity contribution < 1.29 is 23.4 Å². The molecule has 0 bridgehead atoms. The topological polar surface area (TPSA) is 46.5 Å². The van der Waals surface area contributed by atoms with Crippen LogP contribution in [0.15, 0.2) is 0 Å². The molecule has 2 atom stereocenters. The lowest BCUT2D eigenvalue weighted by molar-refractivity contribution is -0.147. The molecule has 1 fully saturated rings. The summed E-state index contributed by atoms with van der Waals surface area (Å²) in [5.41, 5.74) is 0. The zero-order chi connectivity index (χ0) is 8.43. The predicted molar refractivity (Wildman–Crippen MR) is 31.5 cm³/mol. The lowest BCUT2D eigenvalue weighted by atomic mass is 10.0. The molecule has 1 aliphatic heterocycles. The third-order valence-electron chi connectivity index (χ3n) is 1.70. The van der Waals surface area contributed by atoms with E-state index in [1.807, 2.05) is 0 Å². The second kappa shape index (κ2) is 3.13. The highest BCUT2D eigenvalue weighted by Gasteiger charge is 2.39. The molecule has 1 heterocycles. The zero-order valence-corrected chi connectivity index (χ0v) is 5.67. The van der Waals surface area contributed by atoms with Crippen molar-refractivity contribution in [3.05, 3.63) is 0 Å². The number of hydrogen-bond acceptors (Lipinski definition) is 2. The van der Waals surface area contributed by atoms with E-state index in [0.29, 0.717) is 0 Å². The van der Waals surface area contributed by atoms with Crippen molar-refractivity contribution >= 4 is 5.97 Å². The SMILES string of the molecule is O=C(O)[C@@H]1CCO[C@@H]1C(F)F. The highest BCUT2D eigenvalue weighted by atomic mass is 19.3. The molecule has 0 radical (unpaired) electrons. The lowest BCUT2D eigenvalue weighted by Gasteiger charge is -2.12. The van der Waals surface area contributed by atoms with E-state index in [1.54, 1.807) is 0 Å². The van der Waals surface area contributed by atoms with Gasteiger partial charge in [0.1, 0.15) is 6.10 Å². The van der Waals surface area contributed by atoms with Crippen molar-refractivity contribution in [2.45, 2.75) is 19.0 Å². The Bertz CT molecular complexity index is 160. The maximum Gasteiger partial charge on any atom is 0.309 e. The molecular weight excluding hydrogens is 158 g/mol. The van der Waals surface area contributed by atoms with E-state index in [-0.39, 0.29) is 13.0 Å². The molecule has 0 aromatic carbocycles. The maximum absolute atomic E-state index is 12.0. The molecule has 3 nitrogen and oxygen atoms in total. The van der Waals surface area contributed by atoms with Gasteiger partial charge in [0.15, 0.2) is 0 Å². The van der Waals surface area contributed by atoms with Crippen molar-refractivity contribution in [3.63, 3.8) is 0 Å². The van der Waals surface area contributed by atoms with Gasteiger partial charge < -0.3 is 9.84 Å². The normalized spacial score (nSPS) is 31.2. The van der Waals surface area contributed by atoms with Gasteiger partial charge in [-0.1, -0.05) is 0 Å². The van der Waals surface area contributed by atoms with Gasteiger partial charge in [-0.05, 0) is 6.42 Å². The van der Waals surface area contributed by atoms with Gasteiger partial charge in [0, 0.05) is 6.61 Å². The first kappa shape index (κ1) is 8.39. The molecule has 5 heteroatoms. The fraction of sp³-hybridized carbons (Fsp3) is 0.833. The first-order valence-corrected chi connectivity index (χ1v) is 3.25. The molecule has 1 rings (SSSR count). The number of carboxylic acid groups (broad SMARTS) is 1. The molecule has 0 saturated carbocycles. The van der Waals surface area contributed by atoms with Crippen LogP contribution >= 0.6 is 0 Å². The molecule has 1 aliphatic rings. The highest BCUT2D eigenvalue weighted by Crippen LogP contribution is 2.25. The lowest BCUT2D eigenvalue weighted by Crippen LogP contribution is -2.30. The number of halogens is 2. The molecule has 0 amide bonds. The summed E-state index contributed by atoms with van der Waals surface area (Å²) in [4.78, 5) is 10.3. The van der Waals surface area contributed by atoms with Crippen molar-refractivity contribution in [2.75, 3.05) is 6.61 Å². The van der Waals surface area contributed by atoms with Crippen LogP contribution in [0.3, 0.4) is 0 Å². The number of rotatable bonds is 2. The standard InChI is InChI=1S/C6H8F2O3/c7-5(8)4-3(6(9)10)1-2-11-4/h3-5H,1-2H2,(H,9,10)/t3-,4+/m1/s1. The Labute approximate surface area is 62.0 Å². The Morgan fingerprint density at radius 2 is 2.27 bits per heavy atom. The summed E-state index contributed by atoms with van der Waals surface area (Å²) in [6.07, 6.45) is -3.92. The van der Waals surface area contributed by atoms with Crippen LogP contribution in [0.2, 0.25) is 0 Å². The van der Waals surface area contributed by atoms with Crippen LogP contribution in [-0.2, 0) is 9.53 Å². The molecule has 64 valence electrons. The average Bonchev–Trinajstić information content (AvgIpc) is 2.32. The zero-order valence-electron chi connectivity index (χ0n) is 5.67. The van der Waals surface area contributed by atoms with Gasteiger partial charge >= 0.3 is 5.97 Å². The van der Waals surface area contributed by atoms with Crippen LogP contribution < -0.4 is 0 Å². The van der Waals surface area contributed by atoms with Crippen molar-refractivity contribution in [2.24, 2.45) is 5.92 Å². The Balaban J connectivity index is 2.58. The van der Waals surface area contributed by atoms with Crippen LogP contribution in [0.5, 0.6) is 0 Å². The molecule has 0 unspecified atom stereocenters. The van der Waals surface area contributed by atoms with E-state index in [1.165, 1.54) is 0 Å². The van der Waals surface area contributed by atoms with E-state index >= 15 is 0 Å². The average molecular weight is 166 g/mol. The number of ether oxygens (including phenoxy) is 1. The summed E-state index contributed by atoms with van der Waals surface area (Å²) in [6.45, 7) is 0.117. The monoisotopic (exact) mass is 166 g/mol. The van der Waals surface area contributed by atoms with E-state index in [9.17, 15) is 13.6 Å². The summed E-state index contributed by atoms with van der Waals surface area (Å²) in [6, 6.07) is 0. The number of carboxylic acids is 1. The second-order valence-electron chi connectivity index (χ2n) is 2.40. The first-order chi connectivity index (χ1) is 5.13. The number of hydrogen-bond donors (Lipinski definition) is 1. The summed E-state index contributed by atoms with van der Waals surface area (Å²) in [7, 11) is 0. The van der Waals surface area contributed by atoms with E-state index in [4.69, 9.17) is 5.11 Å².